The van der Waals surface area contributed by atoms with E-state index < -0.39 is 0 Å². The lowest BCUT2D eigenvalue weighted by atomic mass is 10.1. The van der Waals surface area contributed by atoms with Gasteiger partial charge >= 0.3 is 0 Å². The molecule has 3 aromatic rings. The van der Waals surface area contributed by atoms with Gasteiger partial charge in [0.05, 0.1) is 11.9 Å². The van der Waals surface area contributed by atoms with E-state index in [9.17, 15) is 4.79 Å². The third-order valence-corrected chi connectivity index (χ3v) is 4.02. The smallest absolute Gasteiger partial charge is 0.278 e. The number of hydrogen-bond acceptors (Lipinski definition) is 5. The molecule has 0 aliphatic heterocycles. The highest BCUT2D eigenvalue weighted by atomic mass is 127. The zero-order valence-electron chi connectivity index (χ0n) is 12.5. The minimum Gasteiger partial charge on any atom is -0.321 e. The highest BCUT2D eigenvalue weighted by Gasteiger charge is 2.16. The second-order valence-electron chi connectivity index (χ2n) is 4.92. The molecule has 0 aliphatic carbocycles. The molecule has 1 aromatic heterocycles. The number of halogens is 1. The molecule has 0 fully saturated rings. The number of hydrogen-bond donors (Lipinski definition) is 3. The van der Waals surface area contributed by atoms with Crippen LogP contribution in [0.2, 0.25) is 0 Å². The van der Waals surface area contributed by atoms with Gasteiger partial charge in [-0.05, 0) is 46.9 Å². The van der Waals surface area contributed by atoms with Gasteiger partial charge in [0.25, 0.3) is 5.91 Å². The maximum Gasteiger partial charge on any atom is 0.278 e. The minimum atomic E-state index is -0.381. The molecule has 2 aromatic carbocycles. The van der Waals surface area contributed by atoms with Gasteiger partial charge in [-0.2, -0.15) is 0 Å². The Morgan fingerprint density at radius 3 is 2.42 bits per heavy atom. The molecule has 0 atom stereocenters. The number of amides is 1. The van der Waals surface area contributed by atoms with Crippen molar-refractivity contribution in [1.82, 2.24) is 9.97 Å². The molecule has 24 heavy (non-hydrogen) atoms. The number of para-hydroxylation sites is 1. The summed E-state index contributed by atoms with van der Waals surface area (Å²) in [5, 5.41) is 2.78. The van der Waals surface area contributed by atoms with Crippen LogP contribution in [0.25, 0.3) is 11.3 Å². The number of anilines is 2. The van der Waals surface area contributed by atoms with E-state index in [1.807, 2.05) is 42.5 Å². The van der Waals surface area contributed by atoms with Gasteiger partial charge in [-0.1, -0.05) is 30.3 Å². The molecule has 0 saturated heterocycles. The van der Waals surface area contributed by atoms with Gasteiger partial charge in [0.2, 0.25) is 0 Å². The molecule has 6 nitrogen and oxygen atoms in total. The number of benzene rings is 2. The van der Waals surface area contributed by atoms with Crippen LogP contribution in [0, 0.1) is 3.57 Å². The van der Waals surface area contributed by atoms with Crippen molar-refractivity contribution in [3.05, 3.63) is 70.1 Å². The predicted octanol–water partition coefficient (Wildman–Crippen LogP) is 3.29. The summed E-state index contributed by atoms with van der Waals surface area (Å²) in [7, 11) is 0. The molecule has 120 valence electrons. The fourth-order valence-electron chi connectivity index (χ4n) is 2.12. The van der Waals surface area contributed by atoms with Crippen LogP contribution < -0.4 is 16.6 Å². The van der Waals surface area contributed by atoms with Gasteiger partial charge in [0.15, 0.2) is 11.5 Å². The highest BCUT2D eigenvalue weighted by Crippen LogP contribution is 2.21. The fourth-order valence-corrected chi connectivity index (χ4v) is 2.48. The Bertz CT molecular complexity index is 853. The first-order valence-electron chi connectivity index (χ1n) is 7.13. The van der Waals surface area contributed by atoms with Gasteiger partial charge in [0, 0.05) is 14.8 Å². The Kier molecular flexibility index (Phi) is 5.02. The molecule has 1 amide bonds. The normalized spacial score (nSPS) is 10.2. The minimum absolute atomic E-state index is 0.136. The topological polar surface area (TPSA) is 92.9 Å². The molecular weight excluding hydrogens is 417 g/mol. The van der Waals surface area contributed by atoms with Crippen molar-refractivity contribution in [2.45, 2.75) is 0 Å². The lowest BCUT2D eigenvalue weighted by Crippen LogP contribution is -2.20. The predicted molar refractivity (Wildman–Crippen MR) is 102 cm³/mol. The third kappa shape index (κ3) is 3.69. The lowest BCUT2D eigenvalue weighted by molar-refractivity contribution is 0.102. The SMILES string of the molecule is NNc1ncc(-c2ccc(I)cc2)nc1C(=O)Nc1ccccc1. The van der Waals surface area contributed by atoms with Crippen LogP contribution in [0.4, 0.5) is 11.5 Å². The first kappa shape index (κ1) is 16.3. The molecule has 4 N–H and O–H groups in total. The van der Waals surface area contributed by atoms with E-state index >= 15 is 0 Å². The number of nitrogens with one attached hydrogen (secondary N) is 2. The van der Waals surface area contributed by atoms with Crippen molar-refractivity contribution in [3.63, 3.8) is 0 Å². The Balaban J connectivity index is 1.94. The molecule has 0 spiro atoms. The summed E-state index contributed by atoms with van der Waals surface area (Å²) in [4.78, 5) is 21.1. The van der Waals surface area contributed by atoms with Crippen LogP contribution in [0.15, 0.2) is 60.8 Å². The summed E-state index contributed by atoms with van der Waals surface area (Å²) in [5.74, 6) is 5.30. The number of nitrogen functional groups attached to an aromatic ring is 1. The second-order valence-corrected chi connectivity index (χ2v) is 6.17. The van der Waals surface area contributed by atoms with E-state index in [2.05, 4.69) is 43.3 Å². The largest absolute Gasteiger partial charge is 0.321 e. The van der Waals surface area contributed by atoms with Crippen LogP contribution in [0.3, 0.4) is 0 Å². The Hall–Kier alpha value is -2.52. The van der Waals surface area contributed by atoms with Crippen LogP contribution in [0.1, 0.15) is 10.5 Å². The van der Waals surface area contributed by atoms with Gasteiger partial charge in [-0.25, -0.2) is 15.8 Å². The second kappa shape index (κ2) is 7.37. The van der Waals surface area contributed by atoms with Crippen molar-refractivity contribution in [3.8, 4) is 11.3 Å². The van der Waals surface area contributed by atoms with Crippen LogP contribution in [-0.4, -0.2) is 15.9 Å². The summed E-state index contributed by atoms with van der Waals surface area (Å²) in [6, 6.07) is 16.9. The van der Waals surface area contributed by atoms with Crippen molar-refractivity contribution in [2.75, 3.05) is 10.7 Å². The average Bonchev–Trinajstić information content (AvgIpc) is 2.62. The van der Waals surface area contributed by atoms with E-state index in [1.165, 1.54) is 0 Å². The summed E-state index contributed by atoms with van der Waals surface area (Å²) in [5.41, 5.74) is 4.70. The maximum atomic E-state index is 12.5. The Morgan fingerprint density at radius 2 is 1.75 bits per heavy atom. The number of carbonyl (C=O) groups is 1. The first-order chi connectivity index (χ1) is 11.7. The van der Waals surface area contributed by atoms with E-state index in [-0.39, 0.29) is 17.4 Å². The van der Waals surface area contributed by atoms with E-state index in [0.717, 1.165) is 9.13 Å². The zero-order valence-corrected chi connectivity index (χ0v) is 14.7. The van der Waals surface area contributed by atoms with Crippen LogP contribution in [-0.2, 0) is 0 Å². The van der Waals surface area contributed by atoms with Crippen molar-refractivity contribution < 1.29 is 4.79 Å². The molecule has 0 radical (unpaired) electrons. The number of nitrogens with two attached hydrogens (primary N) is 1. The molecule has 1 heterocycles. The molecule has 3 rings (SSSR count). The van der Waals surface area contributed by atoms with E-state index in [1.54, 1.807) is 18.3 Å². The van der Waals surface area contributed by atoms with E-state index in [4.69, 9.17) is 5.84 Å². The lowest BCUT2D eigenvalue weighted by Gasteiger charge is -2.10. The standard InChI is InChI=1S/C17H14IN5O/c18-12-8-6-11(7-9-12)14-10-20-16(23-19)15(22-14)17(24)21-13-4-2-1-3-5-13/h1-10H,19H2,(H,20,23)(H,21,24). The van der Waals surface area contributed by atoms with Gasteiger partial charge in [-0.15, -0.1) is 0 Å². The quantitative estimate of drug-likeness (QED) is 0.335. The summed E-state index contributed by atoms with van der Waals surface area (Å²) in [6.07, 6.45) is 1.58. The summed E-state index contributed by atoms with van der Waals surface area (Å²) in [6.45, 7) is 0. The van der Waals surface area contributed by atoms with Gasteiger partial charge < -0.3 is 10.7 Å². The van der Waals surface area contributed by atoms with Gasteiger partial charge in [0.1, 0.15) is 0 Å². The van der Waals surface area contributed by atoms with Crippen molar-refractivity contribution >= 4 is 40.0 Å². The maximum absolute atomic E-state index is 12.5. The van der Waals surface area contributed by atoms with Gasteiger partial charge in [-0.3, -0.25) is 4.79 Å². The van der Waals surface area contributed by atoms with Crippen LogP contribution >= 0.6 is 22.6 Å². The monoisotopic (exact) mass is 431 g/mol. The van der Waals surface area contributed by atoms with E-state index in [0.29, 0.717) is 11.4 Å². The first-order valence-corrected chi connectivity index (χ1v) is 8.21. The molecule has 0 bridgehead atoms. The number of aromatic nitrogens is 2. The number of rotatable bonds is 4. The van der Waals surface area contributed by atoms with Crippen LogP contribution in [0.5, 0.6) is 0 Å². The molecule has 0 unspecified atom stereocenters. The van der Waals surface area contributed by atoms with Crippen molar-refractivity contribution in [1.29, 1.82) is 0 Å². The fraction of sp³-hybridized carbons (Fsp3) is 0. The molecule has 7 heteroatoms. The average molecular weight is 431 g/mol. The highest BCUT2D eigenvalue weighted by molar-refractivity contribution is 14.1. The molecular formula is C17H14IN5O. The molecule has 0 aliphatic rings. The molecule has 0 saturated carbocycles. The summed E-state index contributed by atoms with van der Waals surface area (Å²) >= 11 is 2.23. The van der Waals surface area contributed by atoms with Crippen molar-refractivity contribution in [2.24, 2.45) is 5.84 Å². The Morgan fingerprint density at radius 1 is 1.04 bits per heavy atom. The number of hydrazine groups is 1. The third-order valence-electron chi connectivity index (χ3n) is 3.30. The number of nitrogens with zero attached hydrogens (tertiary/aromatic N) is 2. The Labute approximate surface area is 152 Å². The summed E-state index contributed by atoms with van der Waals surface area (Å²) < 4.78 is 1.12. The zero-order chi connectivity index (χ0) is 16.9. The number of carbonyl (C=O) groups excluding carboxylic acids is 1.